The van der Waals surface area contributed by atoms with Gasteiger partial charge in [-0.2, -0.15) is 0 Å². The van der Waals surface area contributed by atoms with Gasteiger partial charge in [0.15, 0.2) is 0 Å². The van der Waals surface area contributed by atoms with Crippen LogP contribution in [0.1, 0.15) is 36.4 Å². The molecule has 6 heteroatoms. The van der Waals surface area contributed by atoms with Gasteiger partial charge in [0, 0.05) is 18.2 Å². The number of rotatable bonds is 3. The molecule has 2 aromatic carbocycles. The third kappa shape index (κ3) is 3.62. The number of ether oxygens (including phenoxy) is 1. The lowest BCUT2D eigenvalue weighted by atomic mass is 9.86. The number of hydrogen-bond donors (Lipinski definition) is 1. The highest BCUT2D eigenvalue weighted by atomic mass is 19.1. The molecule has 0 aromatic heterocycles. The summed E-state index contributed by atoms with van der Waals surface area (Å²) in [6, 6.07) is 9.17. The molecule has 2 bridgehead atoms. The van der Waals surface area contributed by atoms with E-state index in [0.717, 1.165) is 62.5 Å². The fourth-order valence-corrected chi connectivity index (χ4v) is 5.00. The van der Waals surface area contributed by atoms with Crippen LogP contribution in [-0.2, 0) is 11.2 Å². The van der Waals surface area contributed by atoms with Gasteiger partial charge >= 0.3 is 6.09 Å². The number of piperidine rings is 3. The van der Waals surface area contributed by atoms with Gasteiger partial charge in [-0.05, 0) is 79.6 Å². The molecule has 0 radical (unpaired) electrons. The molecule has 0 spiro atoms. The quantitative estimate of drug-likeness (QED) is 0.831. The molecule has 29 heavy (non-hydrogen) atoms. The number of carbonyl (C=O) groups excluding carboxylic acids is 1. The third-order valence-corrected chi connectivity index (χ3v) is 6.61. The van der Waals surface area contributed by atoms with E-state index in [9.17, 15) is 13.6 Å². The van der Waals surface area contributed by atoms with Gasteiger partial charge in [-0.1, -0.05) is 12.1 Å². The van der Waals surface area contributed by atoms with Crippen LogP contribution >= 0.6 is 0 Å². The summed E-state index contributed by atoms with van der Waals surface area (Å²) in [5.74, 6) is -0.716. The lowest BCUT2D eigenvalue weighted by Crippen LogP contribution is -2.52. The van der Waals surface area contributed by atoms with Crippen LogP contribution in [0.4, 0.5) is 13.6 Å². The second kappa shape index (κ2) is 7.41. The van der Waals surface area contributed by atoms with Gasteiger partial charge < -0.3 is 10.1 Å². The molecule has 6 rings (SSSR count). The van der Waals surface area contributed by atoms with E-state index in [-0.39, 0.29) is 18.2 Å². The number of aryl methyl sites for hydroxylation is 1. The van der Waals surface area contributed by atoms with E-state index in [1.54, 1.807) is 0 Å². The van der Waals surface area contributed by atoms with E-state index < -0.39 is 11.6 Å². The summed E-state index contributed by atoms with van der Waals surface area (Å²) >= 11 is 0. The minimum atomic E-state index is -0.595. The Balaban J connectivity index is 1.30. The van der Waals surface area contributed by atoms with E-state index in [1.165, 1.54) is 12.1 Å². The van der Waals surface area contributed by atoms with E-state index >= 15 is 0 Å². The fourth-order valence-electron chi connectivity index (χ4n) is 5.00. The molecule has 152 valence electrons. The van der Waals surface area contributed by atoms with Gasteiger partial charge in [0.25, 0.3) is 0 Å². The van der Waals surface area contributed by atoms with Crippen LogP contribution in [-0.4, -0.2) is 36.7 Å². The first-order valence-corrected chi connectivity index (χ1v) is 10.3. The van der Waals surface area contributed by atoms with E-state index in [4.69, 9.17) is 4.74 Å². The number of halogens is 2. The fraction of sp³-hybridized carbons (Fsp3) is 0.435. The number of benzene rings is 2. The second-order valence-electron chi connectivity index (χ2n) is 8.36. The first kappa shape index (κ1) is 18.6. The molecule has 1 N–H and O–H groups in total. The van der Waals surface area contributed by atoms with Gasteiger partial charge in [-0.15, -0.1) is 0 Å². The topological polar surface area (TPSA) is 41.6 Å². The Kier molecular flexibility index (Phi) is 4.74. The normalized spacial score (nSPS) is 27.5. The highest BCUT2D eigenvalue weighted by molar-refractivity contribution is 5.70. The van der Waals surface area contributed by atoms with Crippen molar-refractivity contribution in [3.63, 3.8) is 0 Å². The monoisotopic (exact) mass is 398 g/mol. The highest BCUT2D eigenvalue weighted by Crippen LogP contribution is 2.36. The molecule has 0 saturated carbocycles. The van der Waals surface area contributed by atoms with Crippen molar-refractivity contribution < 1.29 is 18.3 Å². The molecule has 3 aliphatic heterocycles. The number of nitrogens with one attached hydrogen (secondary N) is 1. The van der Waals surface area contributed by atoms with Crippen molar-refractivity contribution in [2.75, 3.05) is 19.6 Å². The Morgan fingerprint density at radius 2 is 1.90 bits per heavy atom. The van der Waals surface area contributed by atoms with Gasteiger partial charge in [0.2, 0.25) is 0 Å². The number of hydrogen-bond acceptors (Lipinski definition) is 3. The molecule has 4 nitrogen and oxygen atoms in total. The van der Waals surface area contributed by atoms with E-state index in [1.807, 2.05) is 18.2 Å². The Hall–Kier alpha value is -2.47. The van der Waals surface area contributed by atoms with Crippen molar-refractivity contribution >= 4 is 6.09 Å². The summed E-state index contributed by atoms with van der Waals surface area (Å²) in [4.78, 5) is 14.9. The average Bonchev–Trinajstić information content (AvgIpc) is 3.11. The molecule has 4 aliphatic rings. The first-order chi connectivity index (χ1) is 14.1. The zero-order valence-electron chi connectivity index (χ0n) is 16.2. The Bertz CT molecular complexity index is 940. The maximum absolute atomic E-state index is 14.2. The van der Waals surface area contributed by atoms with Crippen molar-refractivity contribution in [3.05, 3.63) is 59.2 Å². The third-order valence-electron chi connectivity index (χ3n) is 6.61. The van der Waals surface area contributed by atoms with E-state index in [2.05, 4.69) is 10.2 Å². The van der Waals surface area contributed by atoms with Crippen LogP contribution < -0.4 is 5.32 Å². The number of carbonyl (C=O) groups is 1. The molecular weight excluding hydrogens is 374 g/mol. The second-order valence-corrected chi connectivity index (χ2v) is 8.36. The van der Waals surface area contributed by atoms with Gasteiger partial charge in [-0.3, -0.25) is 4.90 Å². The molecule has 2 atom stereocenters. The molecule has 3 fully saturated rings. The number of amides is 1. The first-order valence-electron chi connectivity index (χ1n) is 10.3. The smallest absolute Gasteiger partial charge is 0.407 e. The van der Waals surface area contributed by atoms with Crippen LogP contribution in [0.3, 0.4) is 0 Å². The molecular formula is C23H24F2N2O2. The molecule has 1 aliphatic carbocycles. The highest BCUT2D eigenvalue weighted by Gasteiger charge is 2.37. The van der Waals surface area contributed by atoms with Crippen LogP contribution in [0.2, 0.25) is 0 Å². The van der Waals surface area contributed by atoms with Gasteiger partial charge in [0.1, 0.15) is 17.7 Å². The van der Waals surface area contributed by atoms with Crippen molar-refractivity contribution in [1.82, 2.24) is 10.2 Å². The number of fused-ring (bicyclic) bond motifs is 4. The average molecular weight is 398 g/mol. The summed E-state index contributed by atoms with van der Waals surface area (Å²) in [6.07, 6.45) is 3.43. The van der Waals surface area contributed by atoms with Gasteiger partial charge in [0.05, 0.1) is 6.04 Å². The summed E-state index contributed by atoms with van der Waals surface area (Å²) < 4.78 is 33.2. The molecule has 2 aromatic rings. The van der Waals surface area contributed by atoms with Crippen molar-refractivity contribution in [1.29, 1.82) is 0 Å². The maximum Gasteiger partial charge on any atom is 0.407 e. The van der Waals surface area contributed by atoms with Crippen molar-refractivity contribution in [2.24, 2.45) is 5.92 Å². The van der Waals surface area contributed by atoms with Crippen molar-refractivity contribution in [3.8, 4) is 11.1 Å². The summed E-state index contributed by atoms with van der Waals surface area (Å²) in [5, 5.41) is 3.01. The minimum Gasteiger partial charge on any atom is -0.445 e. The van der Waals surface area contributed by atoms with Crippen LogP contribution in [0.25, 0.3) is 11.1 Å². The van der Waals surface area contributed by atoms with Crippen LogP contribution in [0, 0.1) is 17.6 Å². The maximum atomic E-state index is 14.2. The summed E-state index contributed by atoms with van der Waals surface area (Å²) in [5.41, 5.74) is 3.16. The Morgan fingerprint density at radius 1 is 1.07 bits per heavy atom. The lowest BCUT2D eigenvalue weighted by Gasteiger charge is -2.43. The molecule has 3 heterocycles. The minimum absolute atomic E-state index is 0.0296. The number of nitrogens with zero attached hydrogens (tertiary/aromatic N) is 1. The predicted molar refractivity (Wildman–Crippen MR) is 105 cm³/mol. The largest absolute Gasteiger partial charge is 0.445 e. The molecule has 3 saturated heterocycles. The Labute approximate surface area is 168 Å². The number of alkyl carbamates (subject to hydrolysis) is 1. The lowest BCUT2D eigenvalue weighted by molar-refractivity contribution is -0.0339. The molecule has 1 unspecified atom stereocenters. The Morgan fingerprint density at radius 3 is 2.62 bits per heavy atom. The summed E-state index contributed by atoms with van der Waals surface area (Å²) in [7, 11) is 0. The predicted octanol–water partition coefficient (Wildman–Crippen LogP) is 4.44. The molecule has 1 amide bonds. The standard InChI is InChI=1S/C23H24F2N2O2/c24-17-4-5-18(20(25)12-17)16-2-1-14-3-6-21(19(14)11-16)26-23(28)29-22-13-27-9-7-15(22)8-10-27/h1-2,4-5,11-12,15,21-22H,3,6-10,13H2,(H,26,28)/t21?,22-/m1/s1. The van der Waals surface area contributed by atoms with Gasteiger partial charge in [-0.25, -0.2) is 13.6 Å². The van der Waals surface area contributed by atoms with Crippen LogP contribution in [0.5, 0.6) is 0 Å². The summed E-state index contributed by atoms with van der Waals surface area (Å²) in [6.45, 7) is 3.03. The zero-order valence-corrected chi connectivity index (χ0v) is 16.2. The SMILES string of the molecule is O=C(NC1CCc2ccc(-c3ccc(F)cc3F)cc21)O[C@@H]1CN2CCC1CC2. The zero-order chi connectivity index (χ0) is 20.0. The van der Waals surface area contributed by atoms with Crippen LogP contribution in [0.15, 0.2) is 36.4 Å². The van der Waals surface area contributed by atoms with Crippen molar-refractivity contribution in [2.45, 2.75) is 37.8 Å². The van der Waals surface area contributed by atoms with E-state index in [0.29, 0.717) is 17.0 Å².